The molecular formula is C24H30N2O2. The summed E-state index contributed by atoms with van der Waals surface area (Å²) in [6.07, 6.45) is 7.50. The minimum Gasteiger partial charge on any atom is -0.484 e. The monoisotopic (exact) mass is 378 g/mol. The number of hydrogen-bond acceptors (Lipinski definition) is 3. The van der Waals surface area contributed by atoms with Crippen molar-refractivity contribution in [2.75, 3.05) is 19.7 Å². The number of fused-ring (bicyclic) bond motifs is 1. The lowest BCUT2D eigenvalue weighted by atomic mass is 10.1. The number of nitrogens with zero attached hydrogens (tertiary/aromatic N) is 1. The van der Waals surface area contributed by atoms with Crippen LogP contribution in [0, 0.1) is 0 Å². The Balaban J connectivity index is 1.20. The molecule has 0 radical (unpaired) electrons. The molecule has 0 bridgehead atoms. The van der Waals surface area contributed by atoms with Gasteiger partial charge in [0, 0.05) is 13.1 Å². The average molecular weight is 379 g/mol. The lowest BCUT2D eigenvalue weighted by molar-refractivity contribution is -0.123. The second-order valence-corrected chi connectivity index (χ2v) is 8.00. The van der Waals surface area contributed by atoms with E-state index in [0.717, 1.165) is 30.7 Å². The maximum Gasteiger partial charge on any atom is 0.258 e. The molecule has 1 aliphatic heterocycles. The zero-order chi connectivity index (χ0) is 19.2. The van der Waals surface area contributed by atoms with E-state index in [-0.39, 0.29) is 12.5 Å². The van der Waals surface area contributed by atoms with Gasteiger partial charge in [-0.2, -0.15) is 0 Å². The van der Waals surface area contributed by atoms with Gasteiger partial charge in [-0.15, -0.1) is 0 Å². The topological polar surface area (TPSA) is 41.6 Å². The number of amides is 1. The van der Waals surface area contributed by atoms with Gasteiger partial charge in [0.15, 0.2) is 6.61 Å². The summed E-state index contributed by atoms with van der Waals surface area (Å²) in [5.74, 6) is 0.704. The molecular weight excluding hydrogens is 348 g/mol. The fourth-order valence-electron chi connectivity index (χ4n) is 4.18. The minimum atomic E-state index is -0.0853. The first-order valence-corrected chi connectivity index (χ1v) is 10.6. The summed E-state index contributed by atoms with van der Waals surface area (Å²) < 4.78 is 5.67. The van der Waals surface area contributed by atoms with Crippen molar-refractivity contribution >= 4 is 5.91 Å². The largest absolute Gasteiger partial charge is 0.484 e. The Labute approximate surface area is 167 Å². The Morgan fingerprint density at radius 2 is 1.64 bits per heavy atom. The molecule has 0 saturated carbocycles. The normalized spacial score (nSPS) is 16.6. The van der Waals surface area contributed by atoms with Crippen LogP contribution in [0.1, 0.15) is 47.9 Å². The molecule has 1 saturated heterocycles. The van der Waals surface area contributed by atoms with Gasteiger partial charge in [0.1, 0.15) is 5.75 Å². The third-order valence-corrected chi connectivity index (χ3v) is 5.81. The molecule has 2 aromatic rings. The second kappa shape index (κ2) is 9.24. The quantitative estimate of drug-likeness (QED) is 0.796. The highest BCUT2D eigenvalue weighted by Crippen LogP contribution is 2.25. The van der Waals surface area contributed by atoms with E-state index in [0.29, 0.717) is 6.54 Å². The van der Waals surface area contributed by atoms with Gasteiger partial charge in [-0.1, -0.05) is 36.8 Å². The van der Waals surface area contributed by atoms with Gasteiger partial charge in [0.05, 0.1) is 0 Å². The summed E-state index contributed by atoms with van der Waals surface area (Å²) in [6.45, 7) is 4.05. The van der Waals surface area contributed by atoms with E-state index >= 15 is 0 Å². The van der Waals surface area contributed by atoms with Crippen LogP contribution in [0.4, 0.5) is 0 Å². The number of ether oxygens (including phenoxy) is 1. The van der Waals surface area contributed by atoms with Crippen molar-refractivity contribution in [3.63, 3.8) is 0 Å². The Hall–Kier alpha value is -2.33. The molecule has 0 spiro atoms. The highest BCUT2D eigenvalue weighted by Gasteiger charge is 2.12. The molecule has 1 amide bonds. The summed E-state index contributed by atoms with van der Waals surface area (Å²) in [6, 6.07) is 14.8. The smallest absolute Gasteiger partial charge is 0.258 e. The van der Waals surface area contributed by atoms with Gasteiger partial charge >= 0.3 is 0 Å². The van der Waals surface area contributed by atoms with Crippen molar-refractivity contribution in [3.05, 3.63) is 64.7 Å². The van der Waals surface area contributed by atoms with Crippen LogP contribution in [-0.2, 0) is 30.7 Å². The molecule has 148 valence electrons. The average Bonchev–Trinajstić information content (AvgIpc) is 3.20. The van der Waals surface area contributed by atoms with E-state index in [4.69, 9.17) is 4.74 Å². The Morgan fingerprint density at radius 3 is 2.46 bits per heavy atom. The van der Waals surface area contributed by atoms with Crippen molar-refractivity contribution in [1.29, 1.82) is 0 Å². The summed E-state index contributed by atoms with van der Waals surface area (Å²) in [4.78, 5) is 14.6. The van der Waals surface area contributed by atoms with Crippen molar-refractivity contribution in [3.8, 4) is 5.75 Å². The number of hydrogen-bond donors (Lipinski definition) is 1. The van der Waals surface area contributed by atoms with E-state index in [1.54, 1.807) is 0 Å². The van der Waals surface area contributed by atoms with Gasteiger partial charge in [0.2, 0.25) is 0 Å². The molecule has 0 aromatic heterocycles. The summed E-state index contributed by atoms with van der Waals surface area (Å²) >= 11 is 0. The first-order chi connectivity index (χ1) is 13.8. The summed E-state index contributed by atoms with van der Waals surface area (Å²) in [5, 5.41) is 2.95. The molecule has 1 fully saturated rings. The molecule has 2 aromatic carbocycles. The molecule has 2 aliphatic rings. The number of nitrogens with one attached hydrogen (secondary N) is 1. The van der Waals surface area contributed by atoms with Crippen LogP contribution in [-0.4, -0.2) is 30.5 Å². The molecule has 4 heteroatoms. The Kier molecular flexibility index (Phi) is 6.27. The predicted octanol–water partition coefficient (Wildman–Crippen LogP) is 3.86. The Bertz CT molecular complexity index is 795. The first-order valence-electron chi connectivity index (χ1n) is 10.6. The van der Waals surface area contributed by atoms with Crippen molar-refractivity contribution < 1.29 is 9.53 Å². The zero-order valence-electron chi connectivity index (χ0n) is 16.6. The second-order valence-electron chi connectivity index (χ2n) is 8.00. The lowest BCUT2D eigenvalue weighted by Crippen LogP contribution is -2.29. The van der Waals surface area contributed by atoms with Crippen LogP contribution in [0.5, 0.6) is 5.75 Å². The highest BCUT2D eigenvalue weighted by atomic mass is 16.5. The number of rotatable bonds is 7. The van der Waals surface area contributed by atoms with Crippen molar-refractivity contribution in [2.24, 2.45) is 0 Å². The van der Waals surface area contributed by atoms with Gasteiger partial charge in [-0.25, -0.2) is 0 Å². The molecule has 0 unspecified atom stereocenters. The van der Waals surface area contributed by atoms with Crippen LogP contribution in [0.2, 0.25) is 0 Å². The van der Waals surface area contributed by atoms with Gasteiger partial charge in [-0.3, -0.25) is 9.69 Å². The van der Waals surface area contributed by atoms with Gasteiger partial charge in [-0.05, 0) is 79.6 Å². The van der Waals surface area contributed by atoms with E-state index in [2.05, 4.69) is 46.6 Å². The fourth-order valence-corrected chi connectivity index (χ4v) is 4.18. The summed E-state index contributed by atoms with van der Waals surface area (Å²) in [5.41, 5.74) is 5.24. The molecule has 1 heterocycles. The van der Waals surface area contributed by atoms with E-state index in [1.165, 1.54) is 55.5 Å². The third kappa shape index (κ3) is 5.14. The third-order valence-electron chi connectivity index (χ3n) is 5.81. The lowest BCUT2D eigenvalue weighted by Gasteiger charge is -2.26. The van der Waals surface area contributed by atoms with Gasteiger partial charge < -0.3 is 10.1 Å². The molecule has 28 heavy (non-hydrogen) atoms. The number of carbonyl (C=O) groups excluding carboxylic acids is 1. The number of aryl methyl sites for hydroxylation is 2. The zero-order valence-corrected chi connectivity index (χ0v) is 16.6. The summed E-state index contributed by atoms with van der Waals surface area (Å²) in [7, 11) is 0. The van der Waals surface area contributed by atoms with Crippen molar-refractivity contribution in [2.45, 2.75) is 51.6 Å². The van der Waals surface area contributed by atoms with Crippen LogP contribution in [0.15, 0.2) is 42.5 Å². The van der Waals surface area contributed by atoms with Gasteiger partial charge in [0.25, 0.3) is 5.91 Å². The highest BCUT2D eigenvalue weighted by molar-refractivity contribution is 5.77. The van der Waals surface area contributed by atoms with Crippen LogP contribution in [0.25, 0.3) is 0 Å². The predicted molar refractivity (Wildman–Crippen MR) is 111 cm³/mol. The molecule has 1 aliphatic carbocycles. The van der Waals surface area contributed by atoms with Crippen LogP contribution < -0.4 is 10.1 Å². The SMILES string of the molecule is O=C(COc1ccc2c(c1)CCC2)NCc1ccc(CN2CCCCC2)cc1. The number of piperidine rings is 1. The van der Waals surface area contributed by atoms with E-state index in [9.17, 15) is 4.79 Å². The van der Waals surface area contributed by atoms with E-state index in [1.807, 2.05) is 6.07 Å². The van der Waals surface area contributed by atoms with Crippen LogP contribution >= 0.6 is 0 Å². The molecule has 4 rings (SSSR count). The van der Waals surface area contributed by atoms with Crippen LogP contribution in [0.3, 0.4) is 0 Å². The molecule has 1 N–H and O–H groups in total. The minimum absolute atomic E-state index is 0.0613. The molecule has 4 nitrogen and oxygen atoms in total. The maximum absolute atomic E-state index is 12.1. The van der Waals surface area contributed by atoms with Crippen molar-refractivity contribution in [1.82, 2.24) is 10.2 Å². The molecule has 0 atom stereocenters. The maximum atomic E-state index is 12.1. The Morgan fingerprint density at radius 1 is 0.893 bits per heavy atom. The first kappa shape index (κ1) is 19.0. The number of carbonyl (C=O) groups is 1. The number of benzene rings is 2. The van der Waals surface area contributed by atoms with E-state index < -0.39 is 0 Å². The number of likely N-dealkylation sites (tertiary alicyclic amines) is 1. The fraction of sp³-hybridized carbons (Fsp3) is 0.458. The standard InChI is InChI=1S/C24H30N2O2/c27-24(18-28-23-12-11-21-5-4-6-22(21)15-23)25-16-19-7-9-20(10-8-19)17-26-13-2-1-3-14-26/h7-12,15H,1-6,13-14,16-18H2,(H,25,27).